The van der Waals surface area contributed by atoms with Crippen LogP contribution in [0.15, 0.2) is 12.1 Å². The summed E-state index contributed by atoms with van der Waals surface area (Å²) in [6.07, 6.45) is 5.40. The van der Waals surface area contributed by atoms with E-state index in [1.807, 2.05) is 6.92 Å². The van der Waals surface area contributed by atoms with Gasteiger partial charge in [-0.15, -0.1) is 12.4 Å². The Labute approximate surface area is 177 Å². The molecule has 2 aliphatic heterocycles. The first kappa shape index (κ1) is 22.8. The highest BCUT2D eigenvalue weighted by atomic mass is 35.5. The van der Waals surface area contributed by atoms with Crippen LogP contribution in [-0.2, 0) is 9.59 Å². The van der Waals surface area contributed by atoms with Gasteiger partial charge in [0.25, 0.3) is 0 Å². The summed E-state index contributed by atoms with van der Waals surface area (Å²) in [5, 5.41) is 9.87. The molecule has 2 bridgehead atoms. The standard InChI is InChI=1S/C20H28ClN3O3.ClH/c1-12-7-17(18(27-2)11-16(12)21)24-19(25)5-6-22-20(26)10-13-8-14-3-4-15(9-13)23-14;/h7,11,13-15,23H,3-6,8-10H2,1-2H3,(H,22,26)(H,24,25);1H. The molecule has 0 saturated carbocycles. The number of aryl methyl sites for hydroxylation is 1. The molecule has 8 heteroatoms. The van der Waals surface area contributed by atoms with Gasteiger partial charge in [0, 0.05) is 42.6 Å². The second kappa shape index (κ2) is 10.3. The first-order valence-electron chi connectivity index (χ1n) is 9.61. The number of carbonyl (C=O) groups is 2. The second-order valence-electron chi connectivity index (χ2n) is 7.63. The summed E-state index contributed by atoms with van der Waals surface area (Å²) in [6, 6.07) is 4.64. The molecule has 2 unspecified atom stereocenters. The lowest BCUT2D eigenvalue weighted by Gasteiger charge is -2.28. The Balaban J connectivity index is 0.00000280. The van der Waals surface area contributed by atoms with Crippen LogP contribution in [0.1, 0.15) is 44.1 Å². The van der Waals surface area contributed by atoms with Crippen molar-refractivity contribution in [3.63, 3.8) is 0 Å². The first-order chi connectivity index (χ1) is 12.9. The van der Waals surface area contributed by atoms with Crippen molar-refractivity contribution < 1.29 is 14.3 Å². The van der Waals surface area contributed by atoms with E-state index in [4.69, 9.17) is 16.3 Å². The molecule has 0 spiro atoms. The summed E-state index contributed by atoms with van der Waals surface area (Å²) in [4.78, 5) is 24.4. The molecule has 3 rings (SSSR count). The number of anilines is 1. The van der Waals surface area contributed by atoms with Crippen LogP contribution < -0.4 is 20.7 Å². The maximum Gasteiger partial charge on any atom is 0.226 e. The number of amides is 2. The Hall–Kier alpha value is -1.50. The molecule has 0 radical (unpaired) electrons. The third kappa shape index (κ3) is 6.00. The number of ether oxygens (including phenoxy) is 1. The van der Waals surface area contributed by atoms with Gasteiger partial charge in [-0.1, -0.05) is 11.6 Å². The van der Waals surface area contributed by atoms with Crippen molar-refractivity contribution in [2.75, 3.05) is 19.0 Å². The number of hydrogen-bond acceptors (Lipinski definition) is 4. The zero-order valence-corrected chi connectivity index (χ0v) is 17.9. The molecular weight excluding hydrogens is 401 g/mol. The van der Waals surface area contributed by atoms with Crippen LogP contribution in [0.5, 0.6) is 5.75 Å². The number of hydrogen-bond donors (Lipinski definition) is 3. The van der Waals surface area contributed by atoms with E-state index in [0.717, 1.165) is 18.4 Å². The number of benzene rings is 1. The van der Waals surface area contributed by atoms with E-state index in [9.17, 15) is 9.59 Å². The largest absolute Gasteiger partial charge is 0.495 e. The van der Waals surface area contributed by atoms with Gasteiger partial charge >= 0.3 is 0 Å². The molecule has 1 aromatic rings. The smallest absolute Gasteiger partial charge is 0.226 e. The van der Waals surface area contributed by atoms with Crippen molar-refractivity contribution in [1.82, 2.24) is 10.6 Å². The normalized spacial score (nSPS) is 22.9. The average Bonchev–Trinajstić information content (AvgIpc) is 2.96. The highest BCUT2D eigenvalue weighted by Crippen LogP contribution is 2.33. The Kier molecular flexibility index (Phi) is 8.40. The lowest BCUT2D eigenvalue weighted by molar-refractivity contribution is -0.122. The van der Waals surface area contributed by atoms with Gasteiger partial charge in [-0.05, 0) is 50.2 Å². The fraction of sp³-hybridized carbons (Fsp3) is 0.600. The zero-order valence-electron chi connectivity index (χ0n) is 16.3. The Morgan fingerprint density at radius 3 is 2.54 bits per heavy atom. The SMILES string of the molecule is COc1cc(Cl)c(C)cc1NC(=O)CCNC(=O)CC1CC2CCC(C1)N2.Cl. The van der Waals surface area contributed by atoms with Crippen LogP contribution in [-0.4, -0.2) is 37.6 Å². The van der Waals surface area contributed by atoms with E-state index in [2.05, 4.69) is 16.0 Å². The monoisotopic (exact) mass is 429 g/mol. The van der Waals surface area contributed by atoms with Crippen LogP contribution in [0.3, 0.4) is 0 Å². The minimum absolute atomic E-state index is 0. The number of piperidine rings is 1. The Morgan fingerprint density at radius 1 is 1.21 bits per heavy atom. The summed E-state index contributed by atoms with van der Waals surface area (Å²) in [7, 11) is 1.53. The van der Waals surface area contributed by atoms with Gasteiger partial charge in [0.05, 0.1) is 12.8 Å². The number of fused-ring (bicyclic) bond motifs is 2. The summed E-state index contributed by atoms with van der Waals surface area (Å²) >= 11 is 6.08. The number of methoxy groups -OCH3 is 1. The summed E-state index contributed by atoms with van der Waals surface area (Å²) in [6.45, 7) is 2.20. The molecule has 2 saturated heterocycles. The molecule has 28 heavy (non-hydrogen) atoms. The van der Waals surface area contributed by atoms with E-state index < -0.39 is 0 Å². The van der Waals surface area contributed by atoms with E-state index in [-0.39, 0.29) is 30.6 Å². The number of halogens is 2. The molecule has 2 aliphatic rings. The molecular formula is C20H29Cl2N3O3. The molecule has 1 aromatic carbocycles. The second-order valence-corrected chi connectivity index (χ2v) is 8.04. The molecule has 2 amide bonds. The lowest BCUT2D eigenvalue weighted by atomic mass is 9.89. The van der Waals surface area contributed by atoms with Crippen molar-refractivity contribution >= 4 is 41.5 Å². The molecule has 6 nitrogen and oxygen atoms in total. The van der Waals surface area contributed by atoms with Gasteiger partial charge in [-0.2, -0.15) is 0 Å². The molecule has 0 aromatic heterocycles. The van der Waals surface area contributed by atoms with Crippen LogP contribution in [0, 0.1) is 12.8 Å². The third-order valence-corrected chi connectivity index (χ3v) is 5.88. The van der Waals surface area contributed by atoms with Gasteiger partial charge in [-0.25, -0.2) is 0 Å². The molecule has 3 N–H and O–H groups in total. The molecule has 2 heterocycles. The average molecular weight is 430 g/mol. The van der Waals surface area contributed by atoms with Gasteiger partial charge in [0.1, 0.15) is 5.75 Å². The quantitative estimate of drug-likeness (QED) is 0.619. The van der Waals surface area contributed by atoms with Crippen LogP contribution >= 0.6 is 24.0 Å². The highest BCUT2D eigenvalue weighted by molar-refractivity contribution is 6.31. The van der Waals surface area contributed by atoms with Crippen molar-refractivity contribution in [2.24, 2.45) is 5.92 Å². The molecule has 2 atom stereocenters. The minimum Gasteiger partial charge on any atom is -0.495 e. The summed E-state index contributed by atoms with van der Waals surface area (Å²) in [5.74, 6) is 0.839. The molecule has 0 aliphatic carbocycles. The van der Waals surface area contributed by atoms with E-state index in [1.165, 1.54) is 20.0 Å². The van der Waals surface area contributed by atoms with Crippen LogP contribution in [0.2, 0.25) is 5.02 Å². The van der Waals surface area contributed by atoms with E-state index >= 15 is 0 Å². The third-order valence-electron chi connectivity index (χ3n) is 5.47. The topological polar surface area (TPSA) is 79.5 Å². The fourth-order valence-corrected chi connectivity index (χ4v) is 4.29. The van der Waals surface area contributed by atoms with E-state index in [0.29, 0.717) is 47.4 Å². The van der Waals surface area contributed by atoms with Gasteiger partial charge in [-0.3, -0.25) is 9.59 Å². The van der Waals surface area contributed by atoms with Crippen LogP contribution in [0.4, 0.5) is 5.69 Å². The summed E-state index contributed by atoms with van der Waals surface area (Å²) in [5.41, 5.74) is 1.44. The number of carbonyl (C=O) groups excluding carboxylic acids is 2. The van der Waals surface area contributed by atoms with Gasteiger partial charge < -0.3 is 20.7 Å². The Morgan fingerprint density at radius 2 is 1.89 bits per heavy atom. The maximum atomic E-state index is 12.2. The van der Waals surface area contributed by atoms with E-state index in [1.54, 1.807) is 12.1 Å². The van der Waals surface area contributed by atoms with Crippen molar-refractivity contribution in [3.8, 4) is 5.75 Å². The van der Waals surface area contributed by atoms with Crippen molar-refractivity contribution in [1.29, 1.82) is 0 Å². The van der Waals surface area contributed by atoms with Gasteiger partial charge in [0.15, 0.2) is 0 Å². The predicted molar refractivity (Wildman–Crippen MR) is 114 cm³/mol. The van der Waals surface area contributed by atoms with Crippen LogP contribution in [0.25, 0.3) is 0 Å². The van der Waals surface area contributed by atoms with Crippen molar-refractivity contribution in [2.45, 2.75) is 57.5 Å². The predicted octanol–water partition coefficient (Wildman–Crippen LogP) is 3.44. The highest BCUT2D eigenvalue weighted by Gasteiger charge is 2.34. The fourth-order valence-electron chi connectivity index (χ4n) is 4.13. The summed E-state index contributed by atoms with van der Waals surface area (Å²) < 4.78 is 5.26. The van der Waals surface area contributed by atoms with Gasteiger partial charge in [0.2, 0.25) is 11.8 Å². The van der Waals surface area contributed by atoms with Crippen molar-refractivity contribution in [3.05, 3.63) is 22.7 Å². The Bertz CT molecular complexity index is 702. The maximum absolute atomic E-state index is 12.2. The minimum atomic E-state index is -0.171. The molecule has 2 fully saturated rings. The first-order valence-corrected chi connectivity index (χ1v) is 9.99. The number of nitrogens with one attached hydrogen (secondary N) is 3. The number of rotatable bonds is 7. The zero-order chi connectivity index (χ0) is 19.4. The molecule has 156 valence electrons. The lowest BCUT2D eigenvalue weighted by Crippen LogP contribution is -2.40.